The summed E-state index contributed by atoms with van der Waals surface area (Å²) in [6, 6.07) is 30.3. The number of amides is 1. The number of aliphatic hydroxyl groups excluding tert-OH is 1. The number of thiazole rings is 1. The fourth-order valence-corrected chi connectivity index (χ4v) is 5.71. The summed E-state index contributed by atoms with van der Waals surface area (Å²) in [5, 5.41) is 11.5. The third-order valence-corrected chi connectivity index (χ3v) is 7.66. The summed E-state index contributed by atoms with van der Waals surface area (Å²) in [5.74, 6) is 0.0311. The first-order valence-electron chi connectivity index (χ1n) is 12.8. The van der Waals surface area contributed by atoms with Crippen molar-refractivity contribution in [2.75, 3.05) is 12.0 Å². The highest BCUT2D eigenvalue weighted by atomic mass is 32.1. The molecule has 7 nitrogen and oxygen atoms in total. The van der Waals surface area contributed by atoms with Crippen LogP contribution < -0.4 is 14.4 Å². The minimum atomic E-state index is -0.933. The largest absolute Gasteiger partial charge is 0.503 e. The number of ether oxygens (including phenoxy) is 2. The molecule has 4 aromatic carbocycles. The zero-order valence-electron chi connectivity index (χ0n) is 21.9. The van der Waals surface area contributed by atoms with Crippen molar-refractivity contribution in [1.82, 2.24) is 4.98 Å². The van der Waals surface area contributed by atoms with E-state index in [1.807, 2.05) is 66.7 Å². The molecule has 0 fully saturated rings. The van der Waals surface area contributed by atoms with Crippen molar-refractivity contribution in [2.45, 2.75) is 6.04 Å². The van der Waals surface area contributed by atoms with Crippen molar-refractivity contribution in [3.63, 3.8) is 0 Å². The number of anilines is 1. The molecule has 8 heteroatoms. The number of hydrogen-bond donors (Lipinski definition) is 1. The van der Waals surface area contributed by atoms with Crippen LogP contribution in [0.4, 0.5) is 5.13 Å². The van der Waals surface area contributed by atoms with Crippen LogP contribution in [0.5, 0.6) is 17.2 Å². The van der Waals surface area contributed by atoms with E-state index in [0.29, 0.717) is 33.5 Å². The Balaban J connectivity index is 1.44. The molecule has 1 unspecified atom stereocenters. The number of fused-ring (bicyclic) bond motifs is 1. The van der Waals surface area contributed by atoms with Gasteiger partial charge in [0.15, 0.2) is 16.7 Å². The zero-order chi connectivity index (χ0) is 28.3. The first-order valence-corrected chi connectivity index (χ1v) is 13.6. The van der Waals surface area contributed by atoms with E-state index >= 15 is 0 Å². The van der Waals surface area contributed by atoms with Crippen molar-refractivity contribution in [3.05, 3.63) is 132 Å². The smallest absolute Gasteiger partial charge is 0.296 e. The number of nitrogens with zero attached hydrogens (tertiary/aromatic N) is 2. The number of carbonyl (C=O) groups excluding carboxylic acids is 2. The maximum absolute atomic E-state index is 13.6. The minimum Gasteiger partial charge on any atom is -0.503 e. The lowest BCUT2D eigenvalue weighted by atomic mass is 9.95. The summed E-state index contributed by atoms with van der Waals surface area (Å²) in [5.41, 5.74) is 2.04. The molecule has 0 spiro atoms. The first kappa shape index (κ1) is 26.0. The van der Waals surface area contributed by atoms with Gasteiger partial charge in [0.05, 0.1) is 28.9 Å². The van der Waals surface area contributed by atoms with E-state index in [9.17, 15) is 14.7 Å². The Kier molecular flexibility index (Phi) is 7.06. The highest BCUT2D eigenvalue weighted by Crippen LogP contribution is 2.44. The monoisotopic (exact) mass is 560 g/mol. The van der Waals surface area contributed by atoms with Gasteiger partial charge in [-0.1, -0.05) is 78.1 Å². The maximum Gasteiger partial charge on any atom is 0.296 e. The summed E-state index contributed by atoms with van der Waals surface area (Å²) in [4.78, 5) is 33.3. The minimum absolute atomic E-state index is 0.0316. The second-order valence-corrected chi connectivity index (χ2v) is 10.3. The Hall–Kier alpha value is -5.21. The van der Waals surface area contributed by atoms with Crippen LogP contribution in [0.1, 0.15) is 17.2 Å². The van der Waals surface area contributed by atoms with E-state index in [1.54, 1.807) is 49.6 Å². The number of methoxy groups -OCH3 is 1. The van der Waals surface area contributed by atoms with Crippen molar-refractivity contribution >= 4 is 44.5 Å². The number of aromatic nitrogens is 1. The molecule has 0 saturated carbocycles. The van der Waals surface area contributed by atoms with Crippen LogP contribution in [0, 0.1) is 0 Å². The van der Waals surface area contributed by atoms with Gasteiger partial charge in [-0.15, -0.1) is 0 Å². The molecular formula is C33H24N2O5S. The zero-order valence-corrected chi connectivity index (χ0v) is 22.7. The third-order valence-electron chi connectivity index (χ3n) is 6.64. The summed E-state index contributed by atoms with van der Waals surface area (Å²) in [6.07, 6.45) is 3.03. The number of hydrogen-bond acceptors (Lipinski definition) is 7. The molecule has 0 bridgehead atoms. The summed E-state index contributed by atoms with van der Waals surface area (Å²) in [7, 11) is 1.58. The molecule has 0 saturated heterocycles. The van der Waals surface area contributed by atoms with Crippen LogP contribution in [0.2, 0.25) is 0 Å². The number of rotatable bonds is 8. The molecule has 5 aromatic rings. The second-order valence-electron chi connectivity index (χ2n) is 9.27. The molecule has 2 heterocycles. The molecule has 1 aliphatic rings. The van der Waals surface area contributed by atoms with E-state index in [0.717, 1.165) is 10.3 Å². The Bertz CT molecular complexity index is 1810. The normalized spacial score (nSPS) is 15.2. The van der Waals surface area contributed by atoms with Gasteiger partial charge < -0.3 is 14.6 Å². The van der Waals surface area contributed by atoms with Crippen LogP contribution in [0.25, 0.3) is 16.3 Å². The summed E-state index contributed by atoms with van der Waals surface area (Å²) < 4.78 is 12.2. The number of carbonyl (C=O) groups is 2. The van der Waals surface area contributed by atoms with Crippen LogP contribution in [-0.2, 0) is 9.59 Å². The molecule has 1 aromatic heterocycles. The second kappa shape index (κ2) is 11.1. The first-order chi connectivity index (χ1) is 20.0. The van der Waals surface area contributed by atoms with Crippen molar-refractivity contribution in [2.24, 2.45) is 0 Å². The highest BCUT2D eigenvalue weighted by Gasteiger charge is 2.45. The molecular weight excluding hydrogens is 536 g/mol. The van der Waals surface area contributed by atoms with E-state index < -0.39 is 23.5 Å². The van der Waals surface area contributed by atoms with E-state index in [-0.39, 0.29) is 5.57 Å². The average molecular weight is 561 g/mol. The summed E-state index contributed by atoms with van der Waals surface area (Å²) in [6.45, 7) is 0. The van der Waals surface area contributed by atoms with Crippen LogP contribution >= 0.6 is 11.3 Å². The maximum atomic E-state index is 13.6. The van der Waals surface area contributed by atoms with Gasteiger partial charge in [-0.25, -0.2) is 4.98 Å². The highest BCUT2D eigenvalue weighted by molar-refractivity contribution is 7.22. The van der Waals surface area contributed by atoms with Gasteiger partial charge in [-0.3, -0.25) is 14.5 Å². The molecule has 41 heavy (non-hydrogen) atoms. The Morgan fingerprint density at radius 2 is 1.63 bits per heavy atom. The van der Waals surface area contributed by atoms with Crippen molar-refractivity contribution in [1.29, 1.82) is 0 Å². The third kappa shape index (κ3) is 5.20. The predicted octanol–water partition coefficient (Wildman–Crippen LogP) is 7.28. The molecule has 6 rings (SSSR count). The predicted molar refractivity (Wildman–Crippen MR) is 159 cm³/mol. The van der Waals surface area contributed by atoms with Gasteiger partial charge in [0.25, 0.3) is 5.91 Å². The number of para-hydroxylation sites is 1. The molecule has 202 valence electrons. The number of ketones is 1. The Labute approximate surface area is 240 Å². The fraction of sp³-hybridized carbons (Fsp3) is 0.0606. The van der Waals surface area contributed by atoms with Gasteiger partial charge in [0.2, 0.25) is 0 Å². The molecule has 1 aliphatic heterocycles. The topological polar surface area (TPSA) is 89.0 Å². The molecule has 1 amide bonds. The van der Waals surface area contributed by atoms with Crippen LogP contribution in [0.3, 0.4) is 0 Å². The SMILES string of the molecule is COc1ccc2nc(N3C(=O)C(O)=C(C(=O)C=Cc4ccccc4)C3c3cccc(Oc4ccccc4)c3)sc2c1. The number of allylic oxidation sites excluding steroid dienone is 1. The van der Waals surface area contributed by atoms with Gasteiger partial charge in [-0.2, -0.15) is 0 Å². The molecule has 0 radical (unpaired) electrons. The Morgan fingerprint density at radius 1 is 0.902 bits per heavy atom. The average Bonchev–Trinajstić information content (AvgIpc) is 3.54. The number of benzene rings is 4. The Morgan fingerprint density at radius 3 is 2.39 bits per heavy atom. The van der Waals surface area contributed by atoms with Gasteiger partial charge in [0, 0.05) is 0 Å². The fourth-order valence-electron chi connectivity index (χ4n) is 4.69. The van der Waals surface area contributed by atoms with Crippen molar-refractivity contribution < 1.29 is 24.2 Å². The summed E-state index contributed by atoms with van der Waals surface area (Å²) >= 11 is 1.27. The van der Waals surface area contributed by atoms with Crippen LogP contribution in [-0.4, -0.2) is 28.9 Å². The number of aliphatic hydroxyl groups is 1. The van der Waals surface area contributed by atoms with E-state index in [2.05, 4.69) is 4.98 Å². The quantitative estimate of drug-likeness (QED) is 0.201. The lowest BCUT2D eigenvalue weighted by Crippen LogP contribution is -2.30. The van der Waals surface area contributed by atoms with Gasteiger partial charge in [-0.05, 0) is 59.7 Å². The molecule has 0 aliphatic carbocycles. The van der Waals surface area contributed by atoms with Gasteiger partial charge >= 0.3 is 0 Å². The molecule has 1 atom stereocenters. The van der Waals surface area contributed by atoms with Gasteiger partial charge in [0.1, 0.15) is 17.2 Å². The standard InChI is InChI=1S/C33H24N2O5S/c1-39-24-16-17-26-28(20-24)41-33(34-26)35-30(22-11-8-14-25(19-22)40-23-12-6-3-7-13-23)29(31(37)32(35)38)27(36)18-15-21-9-4-2-5-10-21/h2-20,30,37H,1H3. The van der Waals surface area contributed by atoms with E-state index in [4.69, 9.17) is 9.47 Å². The van der Waals surface area contributed by atoms with Crippen molar-refractivity contribution in [3.8, 4) is 17.2 Å². The lowest BCUT2D eigenvalue weighted by Gasteiger charge is -2.24. The van der Waals surface area contributed by atoms with Crippen LogP contribution in [0.15, 0.2) is 121 Å². The lowest BCUT2D eigenvalue weighted by molar-refractivity contribution is -0.117. The van der Waals surface area contributed by atoms with E-state index in [1.165, 1.54) is 22.3 Å². The molecule has 1 N–H and O–H groups in total.